The van der Waals surface area contributed by atoms with Crippen molar-refractivity contribution in [3.05, 3.63) is 0 Å². The second-order valence-electron chi connectivity index (χ2n) is 1.18. The summed E-state index contributed by atoms with van der Waals surface area (Å²) in [5.74, 6) is 0. The van der Waals surface area contributed by atoms with E-state index >= 15 is 0 Å². The topological polar surface area (TPSA) is 12.4 Å². The summed E-state index contributed by atoms with van der Waals surface area (Å²) in [6.45, 7) is 0.812. The number of thiocarbonyl (C=S) groups is 1. The average Bonchev–Trinajstić information content (AvgIpc) is 1.83. The number of rotatable bonds is 3. The minimum Gasteiger partial charge on any atom is -0.231 e. The van der Waals surface area contributed by atoms with Crippen molar-refractivity contribution in [2.45, 2.75) is 3.92 Å². The minimum atomic E-state index is 0.614. The molecule has 0 amide bonds. The highest BCUT2D eigenvalue weighted by Gasteiger charge is 1.96. The van der Waals surface area contributed by atoms with Crippen LogP contribution >= 0.6 is 57.4 Å². The van der Waals surface area contributed by atoms with E-state index in [1.807, 2.05) is 0 Å². The number of isothiocyanates is 1. The Morgan fingerprint density at radius 1 is 1.75 bits per heavy atom. The highest BCUT2D eigenvalue weighted by atomic mass is 127. The van der Waals surface area contributed by atoms with E-state index in [1.165, 1.54) is 0 Å². The molecule has 0 fully saturated rings. The summed E-state index contributed by atoms with van der Waals surface area (Å²) in [5, 5.41) is 2.33. The third-order valence-electron chi connectivity index (χ3n) is 0.521. The summed E-state index contributed by atoms with van der Waals surface area (Å²) in [6.07, 6.45) is 0. The Balaban J connectivity index is 3.23. The molecule has 0 aromatic carbocycles. The first-order valence-corrected chi connectivity index (χ1v) is 5.23. The lowest BCUT2D eigenvalue weighted by Crippen LogP contribution is -2.01. The van der Waals surface area contributed by atoms with Crippen LogP contribution in [0.3, 0.4) is 0 Å². The molecule has 0 radical (unpaired) electrons. The Morgan fingerprint density at radius 3 is 2.75 bits per heavy atom. The van der Waals surface area contributed by atoms with Gasteiger partial charge in [-0.1, -0.05) is 45.2 Å². The molecule has 0 saturated heterocycles. The molecule has 0 N–H and O–H groups in total. The van der Waals surface area contributed by atoms with Gasteiger partial charge >= 0.3 is 0 Å². The lowest BCUT2D eigenvalue weighted by atomic mass is 10.5. The van der Waals surface area contributed by atoms with Gasteiger partial charge in [-0.05, 0) is 12.2 Å². The van der Waals surface area contributed by atoms with E-state index in [2.05, 4.69) is 67.6 Å². The first-order chi connectivity index (χ1) is 3.81. The molecule has 0 heterocycles. The van der Waals surface area contributed by atoms with E-state index in [0.29, 0.717) is 3.92 Å². The second kappa shape index (κ2) is 6.38. The number of halogens is 2. The zero-order valence-corrected chi connectivity index (χ0v) is 9.23. The Kier molecular flexibility index (Phi) is 7.39. The molecule has 1 nitrogen and oxygen atoms in total. The first-order valence-electron chi connectivity index (χ1n) is 2.05. The molecule has 0 aliphatic rings. The lowest BCUT2D eigenvalue weighted by molar-refractivity contribution is 1.01. The quantitative estimate of drug-likeness (QED) is 0.328. The van der Waals surface area contributed by atoms with Crippen LogP contribution in [-0.2, 0) is 0 Å². The molecule has 0 rings (SSSR count). The van der Waals surface area contributed by atoms with E-state index in [9.17, 15) is 0 Å². The van der Waals surface area contributed by atoms with Crippen molar-refractivity contribution in [1.29, 1.82) is 0 Å². The van der Waals surface area contributed by atoms with Gasteiger partial charge in [0.1, 0.15) is 0 Å². The van der Waals surface area contributed by atoms with E-state index in [-0.39, 0.29) is 0 Å². The largest absolute Gasteiger partial charge is 0.231 e. The summed E-state index contributed by atoms with van der Waals surface area (Å²) in [7, 11) is 0. The fourth-order valence-electron chi connectivity index (χ4n) is 0.185. The highest BCUT2D eigenvalue weighted by Crippen LogP contribution is 2.03. The van der Waals surface area contributed by atoms with Gasteiger partial charge in [0, 0.05) is 8.35 Å². The molecule has 0 aromatic rings. The second-order valence-corrected chi connectivity index (χ2v) is 4.01. The standard InChI is InChI=1S/C4H5I2NS/c5-1-4(6)2-7-3-8/h4H,1-2H2. The normalized spacial score (nSPS) is 12.2. The van der Waals surface area contributed by atoms with Crippen LogP contribution in [0.5, 0.6) is 0 Å². The fraction of sp³-hybridized carbons (Fsp3) is 0.750. The summed E-state index contributed by atoms with van der Waals surface area (Å²) in [4.78, 5) is 3.80. The number of hydrogen-bond acceptors (Lipinski definition) is 2. The SMILES string of the molecule is S=C=NCC(I)CI. The molecule has 46 valence electrons. The molecule has 0 spiro atoms. The molecule has 1 unspecified atom stereocenters. The number of aliphatic imine (C=N–C) groups is 1. The summed E-state index contributed by atoms with van der Waals surface area (Å²) < 4.78 is 1.74. The van der Waals surface area contributed by atoms with Crippen molar-refractivity contribution in [3.63, 3.8) is 0 Å². The number of nitrogens with zero attached hydrogens (tertiary/aromatic N) is 1. The number of hydrogen-bond donors (Lipinski definition) is 0. The first kappa shape index (κ1) is 9.26. The molecular formula is C4H5I2NS. The maximum absolute atomic E-state index is 4.40. The van der Waals surface area contributed by atoms with E-state index in [4.69, 9.17) is 0 Å². The zero-order chi connectivity index (χ0) is 6.41. The number of alkyl halides is 2. The predicted octanol–water partition coefficient (Wildman–Crippen LogP) is 2.33. The van der Waals surface area contributed by atoms with Gasteiger partial charge in [0.05, 0.1) is 11.7 Å². The molecule has 0 bridgehead atoms. The van der Waals surface area contributed by atoms with Crippen LogP contribution in [0.4, 0.5) is 0 Å². The molecule has 1 atom stereocenters. The Labute approximate surface area is 81.6 Å². The van der Waals surface area contributed by atoms with Gasteiger partial charge in [0.25, 0.3) is 0 Å². The van der Waals surface area contributed by atoms with Crippen LogP contribution in [0.1, 0.15) is 0 Å². The summed E-state index contributed by atoms with van der Waals surface area (Å²) in [5.41, 5.74) is 0. The third-order valence-corrected chi connectivity index (χ3v) is 4.23. The van der Waals surface area contributed by atoms with Crippen LogP contribution in [0.25, 0.3) is 0 Å². The van der Waals surface area contributed by atoms with Crippen molar-refractivity contribution in [2.75, 3.05) is 11.0 Å². The smallest absolute Gasteiger partial charge is 0.0618 e. The van der Waals surface area contributed by atoms with Crippen LogP contribution in [-0.4, -0.2) is 20.1 Å². The van der Waals surface area contributed by atoms with Crippen LogP contribution in [0.15, 0.2) is 4.99 Å². The minimum absolute atomic E-state index is 0.614. The molecule has 0 aliphatic carbocycles. The highest BCUT2D eigenvalue weighted by molar-refractivity contribution is 14.1. The Hall–Kier alpha value is 1.26. The Bertz CT molecular complexity index is 100. The van der Waals surface area contributed by atoms with Gasteiger partial charge in [0.15, 0.2) is 0 Å². The van der Waals surface area contributed by atoms with Gasteiger partial charge < -0.3 is 0 Å². The van der Waals surface area contributed by atoms with Crippen LogP contribution in [0, 0.1) is 0 Å². The summed E-state index contributed by atoms with van der Waals surface area (Å²) in [6, 6.07) is 0. The lowest BCUT2D eigenvalue weighted by Gasteiger charge is -1.95. The van der Waals surface area contributed by atoms with Gasteiger partial charge in [-0.2, -0.15) is 0 Å². The molecule has 0 aliphatic heterocycles. The third kappa shape index (κ3) is 5.40. The van der Waals surface area contributed by atoms with Gasteiger partial charge in [-0.15, -0.1) is 0 Å². The van der Waals surface area contributed by atoms with E-state index < -0.39 is 0 Å². The van der Waals surface area contributed by atoms with Crippen LogP contribution in [0.2, 0.25) is 0 Å². The molecule has 4 heteroatoms. The monoisotopic (exact) mass is 353 g/mol. The van der Waals surface area contributed by atoms with Crippen LogP contribution < -0.4 is 0 Å². The van der Waals surface area contributed by atoms with Crippen molar-refractivity contribution in [3.8, 4) is 0 Å². The summed E-state index contributed by atoms with van der Waals surface area (Å²) >= 11 is 9.06. The van der Waals surface area contributed by atoms with E-state index in [0.717, 1.165) is 11.0 Å². The van der Waals surface area contributed by atoms with Crippen molar-refractivity contribution in [2.24, 2.45) is 4.99 Å². The maximum atomic E-state index is 4.40. The molecular weight excluding hydrogens is 348 g/mol. The predicted molar refractivity (Wildman–Crippen MR) is 56.6 cm³/mol. The van der Waals surface area contributed by atoms with Gasteiger partial charge in [-0.25, -0.2) is 4.99 Å². The average molecular weight is 353 g/mol. The fourth-order valence-corrected chi connectivity index (χ4v) is 0.735. The zero-order valence-electron chi connectivity index (χ0n) is 4.10. The molecule has 8 heavy (non-hydrogen) atoms. The Morgan fingerprint density at radius 2 is 2.38 bits per heavy atom. The molecule has 0 aromatic heterocycles. The van der Waals surface area contributed by atoms with E-state index in [1.54, 1.807) is 0 Å². The van der Waals surface area contributed by atoms with Crippen molar-refractivity contribution >= 4 is 62.6 Å². The van der Waals surface area contributed by atoms with Gasteiger partial charge in [-0.3, -0.25) is 0 Å². The van der Waals surface area contributed by atoms with Crippen molar-refractivity contribution in [1.82, 2.24) is 0 Å². The van der Waals surface area contributed by atoms with Gasteiger partial charge in [0.2, 0.25) is 0 Å². The van der Waals surface area contributed by atoms with Crippen molar-refractivity contribution < 1.29 is 0 Å². The molecule has 0 saturated carbocycles. The maximum Gasteiger partial charge on any atom is 0.0618 e.